The van der Waals surface area contributed by atoms with Gasteiger partial charge in [-0.15, -0.1) is 0 Å². The standard InChI is InChI=1S/C26H28FN3O3S/c1-20(26(31)28-25(21-9-4-2-5-10-21)22-11-6-3-7-12-22)29-15-17-30(18-16-29)34(32,33)24-14-8-13-23(27)19-24/h2-14,19-20,25H,15-18H2,1H3,(H,28,31)/t20-/m1/s1. The van der Waals surface area contributed by atoms with E-state index in [4.69, 9.17) is 0 Å². The zero-order valence-electron chi connectivity index (χ0n) is 19.0. The summed E-state index contributed by atoms with van der Waals surface area (Å²) in [5.41, 5.74) is 1.97. The number of hydrogen-bond donors (Lipinski definition) is 1. The highest BCUT2D eigenvalue weighted by molar-refractivity contribution is 7.89. The van der Waals surface area contributed by atoms with E-state index in [2.05, 4.69) is 5.32 Å². The van der Waals surface area contributed by atoms with Crippen LogP contribution in [0.4, 0.5) is 4.39 Å². The number of hydrogen-bond acceptors (Lipinski definition) is 4. The molecule has 0 aliphatic carbocycles. The minimum absolute atomic E-state index is 0.0553. The molecule has 0 spiro atoms. The van der Waals surface area contributed by atoms with Gasteiger partial charge in [-0.1, -0.05) is 66.7 Å². The highest BCUT2D eigenvalue weighted by atomic mass is 32.2. The molecule has 34 heavy (non-hydrogen) atoms. The first kappa shape index (κ1) is 24.1. The molecule has 0 bridgehead atoms. The van der Waals surface area contributed by atoms with Crippen molar-refractivity contribution in [2.45, 2.75) is 23.9 Å². The second-order valence-electron chi connectivity index (χ2n) is 8.34. The van der Waals surface area contributed by atoms with Crippen molar-refractivity contribution in [1.82, 2.24) is 14.5 Å². The van der Waals surface area contributed by atoms with Gasteiger partial charge in [0.05, 0.1) is 17.0 Å². The van der Waals surface area contributed by atoms with Gasteiger partial charge in [0.2, 0.25) is 15.9 Å². The molecule has 4 rings (SSSR count). The van der Waals surface area contributed by atoms with Crippen molar-refractivity contribution in [3.63, 3.8) is 0 Å². The summed E-state index contributed by atoms with van der Waals surface area (Å²) in [6.45, 7) is 3.11. The average Bonchev–Trinajstić information content (AvgIpc) is 2.88. The molecule has 0 aromatic heterocycles. The van der Waals surface area contributed by atoms with Gasteiger partial charge in [-0.25, -0.2) is 12.8 Å². The van der Waals surface area contributed by atoms with Crippen molar-refractivity contribution < 1.29 is 17.6 Å². The molecule has 6 nitrogen and oxygen atoms in total. The van der Waals surface area contributed by atoms with Crippen molar-refractivity contribution in [3.8, 4) is 0 Å². The summed E-state index contributed by atoms with van der Waals surface area (Å²) in [6.07, 6.45) is 0. The normalized spacial score (nSPS) is 16.3. The lowest BCUT2D eigenvalue weighted by atomic mass is 9.98. The number of nitrogens with one attached hydrogen (secondary N) is 1. The summed E-state index contributed by atoms with van der Waals surface area (Å²) in [4.78, 5) is 15.1. The number of benzene rings is 3. The summed E-state index contributed by atoms with van der Waals surface area (Å²) in [5, 5.41) is 3.17. The maximum atomic E-state index is 13.5. The molecule has 0 unspecified atom stereocenters. The molecule has 1 fully saturated rings. The van der Waals surface area contributed by atoms with Gasteiger partial charge in [0.1, 0.15) is 5.82 Å². The van der Waals surface area contributed by atoms with Crippen molar-refractivity contribution in [3.05, 3.63) is 102 Å². The number of rotatable bonds is 7. The molecule has 0 saturated carbocycles. The van der Waals surface area contributed by atoms with Crippen LogP contribution in [0.3, 0.4) is 0 Å². The van der Waals surface area contributed by atoms with Crippen LogP contribution in [-0.4, -0.2) is 55.8 Å². The fraction of sp³-hybridized carbons (Fsp3) is 0.269. The third-order valence-corrected chi connectivity index (χ3v) is 8.08. The van der Waals surface area contributed by atoms with E-state index in [1.54, 1.807) is 0 Å². The van der Waals surface area contributed by atoms with E-state index in [0.29, 0.717) is 13.1 Å². The maximum absolute atomic E-state index is 13.5. The molecule has 1 atom stereocenters. The van der Waals surface area contributed by atoms with Crippen LogP contribution in [0, 0.1) is 5.82 Å². The summed E-state index contributed by atoms with van der Waals surface area (Å²) < 4.78 is 40.6. The van der Waals surface area contributed by atoms with Crippen LogP contribution < -0.4 is 5.32 Å². The molecule has 178 valence electrons. The Morgan fingerprint density at radius 2 is 1.41 bits per heavy atom. The Morgan fingerprint density at radius 3 is 1.94 bits per heavy atom. The lowest BCUT2D eigenvalue weighted by Gasteiger charge is -2.37. The van der Waals surface area contributed by atoms with E-state index < -0.39 is 21.9 Å². The first-order valence-electron chi connectivity index (χ1n) is 11.3. The van der Waals surface area contributed by atoms with Crippen molar-refractivity contribution >= 4 is 15.9 Å². The molecule has 3 aromatic rings. The predicted molar refractivity (Wildman–Crippen MR) is 129 cm³/mol. The van der Waals surface area contributed by atoms with Gasteiger partial charge in [0, 0.05) is 26.2 Å². The number of piperazine rings is 1. The van der Waals surface area contributed by atoms with Crippen LogP contribution in [0.15, 0.2) is 89.8 Å². The first-order chi connectivity index (χ1) is 16.4. The molecule has 0 radical (unpaired) electrons. The Hall–Kier alpha value is -3.07. The lowest BCUT2D eigenvalue weighted by molar-refractivity contribution is -0.126. The zero-order valence-corrected chi connectivity index (χ0v) is 19.8. The highest BCUT2D eigenvalue weighted by Crippen LogP contribution is 2.23. The largest absolute Gasteiger partial charge is 0.344 e. The third-order valence-electron chi connectivity index (χ3n) is 6.19. The van der Waals surface area contributed by atoms with Crippen molar-refractivity contribution in [1.29, 1.82) is 0 Å². The van der Waals surface area contributed by atoms with E-state index in [1.165, 1.54) is 22.5 Å². The Balaban J connectivity index is 1.42. The fourth-order valence-electron chi connectivity index (χ4n) is 4.19. The summed E-state index contributed by atoms with van der Waals surface area (Å²) >= 11 is 0. The predicted octanol–water partition coefficient (Wildman–Crippen LogP) is 3.43. The minimum Gasteiger partial charge on any atom is -0.344 e. The molecule has 1 aliphatic heterocycles. The molecular formula is C26H28FN3O3S. The quantitative estimate of drug-likeness (QED) is 0.562. The van der Waals surface area contributed by atoms with E-state index in [-0.39, 0.29) is 29.9 Å². The Bertz CT molecular complexity index is 1170. The van der Waals surface area contributed by atoms with Crippen LogP contribution in [-0.2, 0) is 14.8 Å². The Morgan fingerprint density at radius 1 is 0.853 bits per heavy atom. The topological polar surface area (TPSA) is 69.7 Å². The van der Waals surface area contributed by atoms with Crippen LogP contribution in [0.1, 0.15) is 24.1 Å². The molecule has 1 N–H and O–H groups in total. The second kappa shape index (κ2) is 10.5. The number of sulfonamides is 1. The van der Waals surface area contributed by atoms with Crippen LogP contribution in [0.2, 0.25) is 0 Å². The second-order valence-corrected chi connectivity index (χ2v) is 10.3. The smallest absolute Gasteiger partial charge is 0.243 e. The minimum atomic E-state index is -3.78. The van der Waals surface area contributed by atoms with Gasteiger partial charge in [0.15, 0.2) is 0 Å². The SMILES string of the molecule is C[C@H](C(=O)NC(c1ccccc1)c1ccccc1)N1CCN(S(=O)(=O)c2cccc(F)c2)CC1. The van der Waals surface area contributed by atoms with Crippen molar-refractivity contribution in [2.24, 2.45) is 0 Å². The molecule has 1 aliphatic rings. The summed E-state index contributed by atoms with van der Waals surface area (Å²) in [5.74, 6) is -0.712. The molecule has 1 amide bonds. The summed E-state index contributed by atoms with van der Waals surface area (Å²) in [7, 11) is -3.78. The van der Waals surface area contributed by atoms with Gasteiger partial charge < -0.3 is 5.32 Å². The van der Waals surface area contributed by atoms with E-state index >= 15 is 0 Å². The van der Waals surface area contributed by atoms with Gasteiger partial charge in [-0.3, -0.25) is 9.69 Å². The summed E-state index contributed by atoms with van der Waals surface area (Å²) in [6, 6.07) is 23.9. The molecule has 1 heterocycles. The van der Waals surface area contributed by atoms with E-state index in [9.17, 15) is 17.6 Å². The maximum Gasteiger partial charge on any atom is 0.243 e. The van der Waals surface area contributed by atoms with E-state index in [0.717, 1.165) is 17.2 Å². The van der Waals surface area contributed by atoms with Gasteiger partial charge in [0.25, 0.3) is 0 Å². The first-order valence-corrected chi connectivity index (χ1v) is 12.7. The Kier molecular flexibility index (Phi) is 7.41. The molecule has 3 aromatic carbocycles. The lowest BCUT2D eigenvalue weighted by Crippen LogP contribution is -2.55. The number of halogens is 1. The average molecular weight is 482 g/mol. The van der Waals surface area contributed by atoms with Gasteiger partial charge in [-0.2, -0.15) is 4.31 Å². The number of nitrogens with zero attached hydrogens (tertiary/aromatic N) is 2. The molecular weight excluding hydrogens is 453 g/mol. The van der Waals surface area contributed by atoms with Gasteiger partial charge in [-0.05, 0) is 36.2 Å². The fourth-order valence-corrected chi connectivity index (χ4v) is 5.64. The van der Waals surface area contributed by atoms with Crippen LogP contribution in [0.5, 0.6) is 0 Å². The number of carbonyl (C=O) groups is 1. The monoisotopic (exact) mass is 481 g/mol. The third kappa shape index (κ3) is 5.35. The van der Waals surface area contributed by atoms with Crippen LogP contribution >= 0.6 is 0 Å². The molecule has 1 saturated heterocycles. The zero-order chi connectivity index (χ0) is 24.1. The highest BCUT2D eigenvalue weighted by Gasteiger charge is 2.32. The van der Waals surface area contributed by atoms with E-state index in [1.807, 2.05) is 72.5 Å². The van der Waals surface area contributed by atoms with Gasteiger partial charge >= 0.3 is 0 Å². The Labute approximate surface area is 200 Å². The van der Waals surface area contributed by atoms with Crippen molar-refractivity contribution in [2.75, 3.05) is 26.2 Å². The molecule has 8 heteroatoms. The number of carbonyl (C=O) groups excluding carboxylic acids is 1. The van der Waals surface area contributed by atoms with Crippen LogP contribution in [0.25, 0.3) is 0 Å². The number of amides is 1.